The molecule has 1 N–H and O–H groups in total. The van der Waals surface area contributed by atoms with Crippen LogP contribution in [0.25, 0.3) is 0 Å². The van der Waals surface area contributed by atoms with E-state index in [0.717, 1.165) is 25.8 Å². The Morgan fingerprint density at radius 2 is 2.30 bits per heavy atom. The molecule has 4 nitrogen and oxygen atoms in total. The summed E-state index contributed by atoms with van der Waals surface area (Å²) >= 11 is 0. The Labute approximate surface area is 120 Å². The number of pyridine rings is 1. The summed E-state index contributed by atoms with van der Waals surface area (Å²) in [5.41, 5.74) is 0.549. The molecule has 0 radical (unpaired) electrons. The summed E-state index contributed by atoms with van der Waals surface area (Å²) in [6.45, 7) is 3.00. The average molecular weight is 281 g/mol. The molecule has 0 aliphatic carbocycles. The molecular weight excluding hydrogens is 257 g/mol. The highest BCUT2D eigenvalue weighted by Crippen LogP contribution is 2.18. The van der Waals surface area contributed by atoms with E-state index in [2.05, 4.69) is 28.9 Å². The minimum Gasteiger partial charge on any atom is -0.387 e. The molecule has 1 aliphatic heterocycles. The fraction of sp³-hybridized carbons (Fsp3) is 0.667. The Kier molecular flexibility index (Phi) is 5.46. The van der Waals surface area contributed by atoms with Crippen LogP contribution in [0.1, 0.15) is 31.1 Å². The molecule has 112 valence electrons. The summed E-state index contributed by atoms with van der Waals surface area (Å²) in [4.78, 5) is 8.59. The normalized spacial score (nSPS) is 22.1. The molecule has 2 rings (SSSR count). The number of hydrogen-bond acceptors (Lipinski definition) is 4. The average Bonchev–Trinajstić information content (AvgIpc) is 2.46. The van der Waals surface area contributed by atoms with Crippen molar-refractivity contribution < 1.29 is 9.50 Å². The van der Waals surface area contributed by atoms with Crippen molar-refractivity contribution in [2.45, 2.75) is 31.4 Å². The van der Waals surface area contributed by atoms with Crippen LogP contribution in [0.2, 0.25) is 0 Å². The zero-order valence-corrected chi connectivity index (χ0v) is 12.3. The maximum absolute atomic E-state index is 12.8. The van der Waals surface area contributed by atoms with Gasteiger partial charge in [-0.3, -0.25) is 4.98 Å². The van der Waals surface area contributed by atoms with E-state index < -0.39 is 6.10 Å². The van der Waals surface area contributed by atoms with E-state index >= 15 is 0 Å². The van der Waals surface area contributed by atoms with Gasteiger partial charge >= 0.3 is 0 Å². The van der Waals surface area contributed by atoms with Crippen molar-refractivity contribution in [2.75, 3.05) is 33.7 Å². The highest BCUT2D eigenvalue weighted by atomic mass is 19.1. The first kappa shape index (κ1) is 15.4. The third kappa shape index (κ3) is 4.23. The van der Waals surface area contributed by atoms with Crippen LogP contribution in [0.3, 0.4) is 0 Å². The maximum atomic E-state index is 12.8. The lowest BCUT2D eigenvalue weighted by molar-refractivity contribution is 0.101. The molecule has 20 heavy (non-hydrogen) atoms. The van der Waals surface area contributed by atoms with Gasteiger partial charge in [-0.1, -0.05) is 0 Å². The molecule has 5 heteroatoms. The third-order valence-corrected chi connectivity index (χ3v) is 4.02. The van der Waals surface area contributed by atoms with Crippen molar-refractivity contribution in [3.05, 3.63) is 29.8 Å². The van der Waals surface area contributed by atoms with Crippen molar-refractivity contribution in [1.82, 2.24) is 14.8 Å². The fourth-order valence-electron chi connectivity index (χ4n) is 2.69. The first-order valence-corrected chi connectivity index (χ1v) is 7.24. The van der Waals surface area contributed by atoms with Gasteiger partial charge in [0.2, 0.25) is 0 Å². The molecule has 0 spiro atoms. The predicted octanol–water partition coefficient (Wildman–Crippen LogP) is 1.67. The van der Waals surface area contributed by atoms with Crippen molar-refractivity contribution >= 4 is 0 Å². The summed E-state index contributed by atoms with van der Waals surface area (Å²) in [6, 6.07) is 3.50. The number of aromatic nitrogens is 1. The monoisotopic (exact) mass is 281 g/mol. The lowest BCUT2D eigenvalue weighted by Gasteiger charge is -2.36. The van der Waals surface area contributed by atoms with Crippen molar-refractivity contribution in [1.29, 1.82) is 0 Å². The van der Waals surface area contributed by atoms with Crippen LogP contribution in [-0.2, 0) is 0 Å². The predicted molar refractivity (Wildman–Crippen MR) is 76.9 cm³/mol. The summed E-state index contributed by atoms with van der Waals surface area (Å²) in [5.74, 6) is -0.370. The lowest BCUT2D eigenvalue weighted by atomic mass is 10.0. The molecule has 1 aliphatic rings. The number of piperidine rings is 1. The second-order valence-corrected chi connectivity index (χ2v) is 5.77. The van der Waals surface area contributed by atoms with Crippen LogP contribution in [0, 0.1) is 5.82 Å². The van der Waals surface area contributed by atoms with Crippen LogP contribution >= 0.6 is 0 Å². The fourth-order valence-corrected chi connectivity index (χ4v) is 2.69. The third-order valence-electron chi connectivity index (χ3n) is 4.02. The van der Waals surface area contributed by atoms with Gasteiger partial charge in [-0.15, -0.1) is 0 Å². The van der Waals surface area contributed by atoms with E-state index in [1.165, 1.54) is 18.9 Å². The Bertz CT molecular complexity index is 410. The molecule has 2 unspecified atom stereocenters. The summed E-state index contributed by atoms with van der Waals surface area (Å²) in [6.07, 6.45) is 3.62. The molecule has 2 heterocycles. The Morgan fingerprint density at radius 3 is 2.95 bits per heavy atom. The van der Waals surface area contributed by atoms with Crippen LogP contribution in [0.15, 0.2) is 18.3 Å². The molecule has 0 bridgehead atoms. The second-order valence-electron chi connectivity index (χ2n) is 5.77. The molecule has 0 saturated carbocycles. The van der Waals surface area contributed by atoms with E-state index in [0.29, 0.717) is 18.2 Å². The second kappa shape index (κ2) is 7.11. The zero-order valence-electron chi connectivity index (χ0n) is 12.3. The molecule has 1 aromatic rings. The van der Waals surface area contributed by atoms with Gasteiger partial charge < -0.3 is 14.9 Å². The summed E-state index contributed by atoms with van der Waals surface area (Å²) in [7, 11) is 4.23. The molecule has 0 amide bonds. The Hall–Kier alpha value is -1.04. The number of aliphatic hydroxyl groups is 1. The van der Waals surface area contributed by atoms with Gasteiger partial charge in [-0.25, -0.2) is 4.39 Å². The van der Waals surface area contributed by atoms with Gasteiger partial charge in [0.05, 0.1) is 18.0 Å². The smallest absolute Gasteiger partial charge is 0.141 e. The first-order valence-electron chi connectivity index (χ1n) is 7.24. The van der Waals surface area contributed by atoms with Gasteiger partial charge in [0.25, 0.3) is 0 Å². The van der Waals surface area contributed by atoms with E-state index in [9.17, 15) is 9.50 Å². The molecule has 1 fully saturated rings. The molecule has 1 saturated heterocycles. The van der Waals surface area contributed by atoms with Crippen molar-refractivity contribution in [3.63, 3.8) is 0 Å². The number of likely N-dealkylation sites (N-methyl/N-ethyl adjacent to an activating group) is 1. The van der Waals surface area contributed by atoms with E-state index in [4.69, 9.17) is 0 Å². The van der Waals surface area contributed by atoms with Crippen molar-refractivity contribution in [2.24, 2.45) is 0 Å². The Balaban J connectivity index is 1.81. The van der Waals surface area contributed by atoms with Crippen LogP contribution in [0.4, 0.5) is 4.39 Å². The molecule has 1 aromatic heterocycles. The van der Waals surface area contributed by atoms with Crippen LogP contribution < -0.4 is 0 Å². The quantitative estimate of drug-likeness (QED) is 0.891. The van der Waals surface area contributed by atoms with E-state index in [1.807, 2.05) is 0 Å². The minimum absolute atomic E-state index is 0.370. The van der Waals surface area contributed by atoms with Gasteiger partial charge in [0, 0.05) is 19.1 Å². The van der Waals surface area contributed by atoms with Gasteiger partial charge in [0.15, 0.2) is 0 Å². The SMILES string of the molecule is CN(C)C1CCCN(CCC(O)c2ccc(F)cn2)C1. The maximum Gasteiger partial charge on any atom is 0.141 e. The van der Waals surface area contributed by atoms with Gasteiger partial charge in [0.1, 0.15) is 5.82 Å². The number of nitrogens with zero attached hydrogens (tertiary/aromatic N) is 3. The Morgan fingerprint density at radius 1 is 1.50 bits per heavy atom. The standard InChI is InChI=1S/C15H24FN3O/c1-18(2)13-4-3-8-19(11-13)9-7-15(20)14-6-5-12(16)10-17-14/h5-6,10,13,15,20H,3-4,7-9,11H2,1-2H3. The van der Waals surface area contributed by atoms with Gasteiger partial charge in [-0.2, -0.15) is 0 Å². The topological polar surface area (TPSA) is 39.6 Å². The lowest BCUT2D eigenvalue weighted by Crippen LogP contribution is -2.45. The largest absolute Gasteiger partial charge is 0.387 e. The van der Waals surface area contributed by atoms with Crippen LogP contribution in [-0.4, -0.2) is 59.7 Å². The van der Waals surface area contributed by atoms with E-state index in [1.54, 1.807) is 6.07 Å². The molecule has 2 atom stereocenters. The van der Waals surface area contributed by atoms with Crippen molar-refractivity contribution in [3.8, 4) is 0 Å². The number of aliphatic hydroxyl groups excluding tert-OH is 1. The number of likely N-dealkylation sites (tertiary alicyclic amines) is 1. The molecular formula is C15H24FN3O. The van der Waals surface area contributed by atoms with Gasteiger partial charge in [-0.05, 0) is 52.0 Å². The minimum atomic E-state index is -0.615. The number of hydrogen-bond donors (Lipinski definition) is 1. The number of rotatable bonds is 5. The summed E-state index contributed by atoms with van der Waals surface area (Å²) < 4.78 is 12.8. The molecule has 0 aromatic carbocycles. The zero-order chi connectivity index (χ0) is 14.5. The van der Waals surface area contributed by atoms with E-state index in [-0.39, 0.29) is 5.82 Å². The highest BCUT2D eigenvalue weighted by molar-refractivity contribution is 5.07. The van der Waals surface area contributed by atoms with Crippen LogP contribution in [0.5, 0.6) is 0 Å². The first-order chi connectivity index (χ1) is 9.56. The number of halogens is 1. The highest BCUT2D eigenvalue weighted by Gasteiger charge is 2.22. The summed E-state index contributed by atoms with van der Waals surface area (Å²) in [5, 5.41) is 10.1.